The van der Waals surface area contributed by atoms with Gasteiger partial charge in [-0.3, -0.25) is 4.98 Å². The van der Waals surface area contributed by atoms with E-state index in [1.807, 2.05) is 12.1 Å². The topological polar surface area (TPSA) is 52.8 Å². The van der Waals surface area contributed by atoms with E-state index in [1.54, 1.807) is 30.5 Å². The summed E-state index contributed by atoms with van der Waals surface area (Å²) < 4.78 is 51.0. The molecule has 190 valence electrons. The van der Waals surface area contributed by atoms with E-state index in [9.17, 15) is 17.6 Å². The maximum absolute atomic E-state index is 14.4. The fourth-order valence-corrected chi connectivity index (χ4v) is 4.42. The van der Waals surface area contributed by atoms with Crippen molar-refractivity contribution in [1.29, 1.82) is 0 Å². The van der Waals surface area contributed by atoms with Crippen LogP contribution in [0.15, 0.2) is 73.1 Å². The van der Waals surface area contributed by atoms with Gasteiger partial charge in [-0.2, -0.15) is 13.2 Å². The molecule has 0 aliphatic heterocycles. The van der Waals surface area contributed by atoms with Crippen LogP contribution in [0.2, 0.25) is 0 Å². The maximum Gasteiger partial charge on any atom is 3.00 e. The number of aromatic nitrogens is 4. The Balaban J connectivity index is 0.000000203. The van der Waals surface area contributed by atoms with Gasteiger partial charge in [0.05, 0.1) is 0 Å². The SMILES string of the molecule is CC1(C)c2c([c-]ccc2F)-c2nccc3cccc1c23.FC(F)(F)c1cc(-c2ccccn2)[n-]n1.[CH3-].[Ir+3]. The Morgan fingerprint density at radius 1 is 0.946 bits per heavy atom. The van der Waals surface area contributed by atoms with E-state index in [0.29, 0.717) is 11.3 Å². The molecule has 1 aliphatic carbocycles. The molecular formula is C28H21F4IrN4. The van der Waals surface area contributed by atoms with Crippen molar-refractivity contribution in [3.05, 3.63) is 109 Å². The van der Waals surface area contributed by atoms with Crippen LogP contribution in [-0.2, 0) is 31.7 Å². The van der Waals surface area contributed by atoms with Crippen molar-refractivity contribution in [3.63, 3.8) is 0 Å². The molecule has 0 atom stereocenters. The summed E-state index contributed by atoms with van der Waals surface area (Å²) in [5.41, 5.74) is 2.58. The molecule has 2 aromatic carbocycles. The van der Waals surface area contributed by atoms with Crippen LogP contribution in [-0.4, -0.2) is 15.1 Å². The molecule has 0 saturated heterocycles. The Hall–Kier alpha value is -3.42. The number of halogens is 4. The largest absolute Gasteiger partial charge is 3.00 e. The third-order valence-electron chi connectivity index (χ3n) is 6.03. The van der Waals surface area contributed by atoms with Crippen molar-refractivity contribution in [2.45, 2.75) is 25.4 Å². The van der Waals surface area contributed by atoms with Gasteiger partial charge in [0, 0.05) is 23.9 Å². The summed E-state index contributed by atoms with van der Waals surface area (Å²) in [6, 6.07) is 20.3. The molecule has 0 radical (unpaired) electrons. The summed E-state index contributed by atoms with van der Waals surface area (Å²) in [5, 5.41) is 8.73. The van der Waals surface area contributed by atoms with Gasteiger partial charge >= 0.3 is 26.3 Å². The molecule has 6 rings (SSSR count). The first kappa shape index (κ1) is 28.2. The van der Waals surface area contributed by atoms with Gasteiger partial charge in [-0.05, 0) is 51.7 Å². The molecule has 0 amide bonds. The molecule has 5 aromatic rings. The van der Waals surface area contributed by atoms with Crippen LogP contribution in [0, 0.1) is 19.3 Å². The summed E-state index contributed by atoms with van der Waals surface area (Å²) in [4.78, 5) is 8.36. The van der Waals surface area contributed by atoms with E-state index < -0.39 is 11.9 Å². The molecule has 0 N–H and O–H groups in total. The number of fused-ring (bicyclic) bond motifs is 2. The van der Waals surface area contributed by atoms with Gasteiger partial charge in [0.2, 0.25) is 0 Å². The molecule has 4 nitrogen and oxygen atoms in total. The first-order chi connectivity index (χ1) is 16.7. The van der Waals surface area contributed by atoms with E-state index in [0.717, 1.165) is 33.7 Å². The summed E-state index contributed by atoms with van der Waals surface area (Å²) >= 11 is 0. The van der Waals surface area contributed by atoms with Crippen LogP contribution in [0.25, 0.3) is 33.4 Å². The number of benzene rings is 2. The number of nitrogens with zero attached hydrogens (tertiary/aromatic N) is 4. The molecule has 0 bridgehead atoms. The van der Waals surface area contributed by atoms with Crippen molar-refractivity contribution in [3.8, 4) is 22.6 Å². The fraction of sp³-hybridized carbons (Fsp3) is 0.143. The van der Waals surface area contributed by atoms with Crippen LogP contribution >= 0.6 is 0 Å². The number of rotatable bonds is 1. The van der Waals surface area contributed by atoms with E-state index in [2.05, 4.69) is 52.2 Å². The van der Waals surface area contributed by atoms with Crippen molar-refractivity contribution in [2.75, 3.05) is 0 Å². The molecule has 3 aromatic heterocycles. The first-order valence-electron chi connectivity index (χ1n) is 10.8. The maximum atomic E-state index is 14.4. The summed E-state index contributed by atoms with van der Waals surface area (Å²) in [6.45, 7) is 4.13. The standard InChI is InChI=1S/C18H13FN.C9H5F3N3.CH3.Ir/c1-18(2)13-7-3-5-11-9-10-20-17(15(11)13)12-6-4-8-14(19)16(12)18;10-9(11,12)8-5-7(14-15-8)6-3-1-2-4-13-6;;/h3-5,7-10H,1-2H3;1-5H;1H3;/q3*-1;+3. The number of alkyl halides is 3. The molecule has 0 unspecified atom stereocenters. The minimum atomic E-state index is -4.46. The van der Waals surface area contributed by atoms with Gasteiger partial charge in [-0.15, -0.1) is 23.8 Å². The van der Waals surface area contributed by atoms with Crippen molar-refractivity contribution < 1.29 is 37.7 Å². The van der Waals surface area contributed by atoms with Crippen LogP contribution < -0.4 is 5.10 Å². The monoisotopic (exact) mass is 682 g/mol. The molecule has 3 heterocycles. The van der Waals surface area contributed by atoms with Crippen LogP contribution in [0.1, 0.15) is 30.7 Å². The zero-order valence-corrected chi connectivity index (χ0v) is 22.5. The predicted molar refractivity (Wildman–Crippen MR) is 130 cm³/mol. The van der Waals surface area contributed by atoms with Gasteiger partial charge < -0.3 is 22.6 Å². The van der Waals surface area contributed by atoms with Gasteiger partial charge in [-0.1, -0.05) is 49.4 Å². The first-order valence-corrected chi connectivity index (χ1v) is 10.8. The second kappa shape index (κ2) is 10.5. The summed E-state index contributed by atoms with van der Waals surface area (Å²) in [5.74, 6) is -0.183. The Kier molecular flexibility index (Phi) is 8.00. The number of hydrogen-bond donors (Lipinski definition) is 0. The smallest absolute Gasteiger partial charge is 0.573 e. The van der Waals surface area contributed by atoms with Gasteiger partial charge in [-0.25, -0.2) is 4.39 Å². The van der Waals surface area contributed by atoms with Gasteiger partial charge in [0.1, 0.15) is 5.69 Å². The Morgan fingerprint density at radius 2 is 1.73 bits per heavy atom. The third kappa shape index (κ3) is 5.06. The van der Waals surface area contributed by atoms with Gasteiger partial charge in [0.15, 0.2) is 0 Å². The molecular weight excluding hydrogens is 661 g/mol. The summed E-state index contributed by atoms with van der Waals surface area (Å²) in [6.07, 6.45) is -1.19. The minimum Gasteiger partial charge on any atom is -0.573 e. The van der Waals surface area contributed by atoms with Crippen LogP contribution in [0.4, 0.5) is 17.6 Å². The molecule has 0 fully saturated rings. The Labute approximate surface area is 225 Å². The number of pyridine rings is 2. The number of hydrogen-bond acceptors (Lipinski definition) is 3. The van der Waals surface area contributed by atoms with E-state index >= 15 is 0 Å². The van der Waals surface area contributed by atoms with Crippen molar-refractivity contribution in [2.24, 2.45) is 0 Å². The molecule has 9 heteroatoms. The predicted octanol–water partition coefficient (Wildman–Crippen LogP) is 7.05. The van der Waals surface area contributed by atoms with Crippen LogP contribution in [0.3, 0.4) is 0 Å². The fourth-order valence-electron chi connectivity index (χ4n) is 4.42. The third-order valence-corrected chi connectivity index (χ3v) is 6.03. The second-order valence-corrected chi connectivity index (χ2v) is 8.59. The zero-order valence-electron chi connectivity index (χ0n) is 20.1. The normalized spacial score (nSPS) is 12.9. The van der Waals surface area contributed by atoms with E-state index in [4.69, 9.17) is 0 Å². The molecule has 0 spiro atoms. The average molecular weight is 682 g/mol. The van der Waals surface area contributed by atoms with Gasteiger partial charge in [0.25, 0.3) is 0 Å². The average Bonchev–Trinajstić information content (AvgIpc) is 3.35. The van der Waals surface area contributed by atoms with E-state index in [1.165, 1.54) is 12.3 Å². The summed E-state index contributed by atoms with van der Waals surface area (Å²) in [7, 11) is 0. The van der Waals surface area contributed by atoms with E-state index in [-0.39, 0.29) is 44.5 Å². The quantitative estimate of drug-likeness (QED) is 0.141. The minimum absolute atomic E-state index is 0. The zero-order chi connectivity index (χ0) is 24.8. The van der Waals surface area contributed by atoms with Crippen molar-refractivity contribution >= 4 is 10.8 Å². The Morgan fingerprint density at radius 3 is 2.41 bits per heavy atom. The van der Waals surface area contributed by atoms with Crippen molar-refractivity contribution in [1.82, 2.24) is 20.2 Å². The molecule has 37 heavy (non-hydrogen) atoms. The second-order valence-electron chi connectivity index (χ2n) is 8.59. The van der Waals surface area contributed by atoms with Crippen LogP contribution in [0.5, 0.6) is 0 Å². The Bertz CT molecular complexity index is 1520. The molecule has 1 aliphatic rings. The molecule has 0 saturated carbocycles.